The van der Waals surface area contributed by atoms with E-state index >= 15 is 0 Å². The Morgan fingerprint density at radius 3 is 2.44 bits per heavy atom. The first-order chi connectivity index (χ1) is 8.12. The van der Waals surface area contributed by atoms with Crippen LogP contribution < -0.4 is 0 Å². The number of nitrogens with zero attached hydrogens (tertiary/aromatic N) is 2. The average molecular weight is 288 g/mol. The summed E-state index contributed by atoms with van der Waals surface area (Å²) in [6.45, 7) is 8.92. The van der Waals surface area contributed by atoms with Crippen molar-refractivity contribution >= 4 is 33.7 Å². The summed E-state index contributed by atoms with van der Waals surface area (Å²) in [7, 11) is -1.35. The summed E-state index contributed by atoms with van der Waals surface area (Å²) >= 11 is 1.30. The molecule has 18 heavy (non-hydrogen) atoms. The molecular formula is C11H16N2O3S2. The summed E-state index contributed by atoms with van der Waals surface area (Å²) in [5, 5.41) is 10.8. The minimum atomic E-state index is -1.35. The van der Waals surface area contributed by atoms with Crippen molar-refractivity contribution in [3.8, 4) is 0 Å². The Hall–Kier alpha value is -1.08. The molecule has 0 aliphatic carbocycles. The number of hydrogen-bond acceptors (Lipinski definition) is 4. The van der Waals surface area contributed by atoms with Gasteiger partial charge in [-0.2, -0.15) is 4.40 Å². The zero-order valence-electron chi connectivity index (χ0n) is 11.0. The Balaban J connectivity index is 3.09. The first-order valence-corrected chi connectivity index (χ1v) is 7.27. The van der Waals surface area contributed by atoms with Gasteiger partial charge in [-0.05, 0) is 34.6 Å². The highest BCUT2D eigenvalue weighted by molar-refractivity contribution is 7.85. The van der Waals surface area contributed by atoms with Crippen LogP contribution in [0.25, 0.3) is 0 Å². The maximum atomic E-state index is 11.9. The lowest BCUT2D eigenvalue weighted by Gasteiger charge is -2.13. The van der Waals surface area contributed by atoms with Gasteiger partial charge in [-0.15, -0.1) is 11.3 Å². The number of rotatable bonds is 3. The summed E-state index contributed by atoms with van der Waals surface area (Å²) < 4.78 is 15.5. The Morgan fingerprint density at radius 2 is 2.06 bits per heavy atom. The lowest BCUT2D eigenvalue weighted by Crippen LogP contribution is -2.20. The molecule has 1 heterocycles. The van der Waals surface area contributed by atoms with E-state index in [-0.39, 0.29) is 5.69 Å². The van der Waals surface area contributed by atoms with E-state index in [1.165, 1.54) is 17.4 Å². The fourth-order valence-corrected chi connectivity index (χ4v) is 2.75. The molecule has 7 heteroatoms. The van der Waals surface area contributed by atoms with Crippen molar-refractivity contribution < 1.29 is 9.13 Å². The van der Waals surface area contributed by atoms with Gasteiger partial charge in [0.05, 0.1) is 25.1 Å². The Kier molecular flexibility index (Phi) is 4.39. The average Bonchev–Trinajstić information content (AvgIpc) is 2.58. The Morgan fingerprint density at radius 1 is 1.50 bits per heavy atom. The van der Waals surface area contributed by atoms with Crippen LogP contribution in [0.2, 0.25) is 0 Å². The number of thiophene rings is 1. The van der Waals surface area contributed by atoms with E-state index in [0.29, 0.717) is 15.5 Å². The maximum absolute atomic E-state index is 11.9. The van der Waals surface area contributed by atoms with Crippen molar-refractivity contribution in [2.45, 2.75) is 39.4 Å². The molecule has 0 saturated heterocycles. The zero-order valence-corrected chi connectivity index (χ0v) is 12.6. The third-order valence-electron chi connectivity index (χ3n) is 2.19. The highest BCUT2D eigenvalue weighted by atomic mass is 32.2. The van der Waals surface area contributed by atoms with E-state index in [4.69, 9.17) is 0 Å². The molecular weight excluding hydrogens is 272 g/mol. The molecule has 1 aromatic heterocycles. The van der Waals surface area contributed by atoms with E-state index in [0.717, 1.165) is 0 Å². The second kappa shape index (κ2) is 5.27. The smallest absolute Gasteiger partial charge is 0.258 e. The van der Waals surface area contributed by atoms with E-state index in [9.17, 15) is 14.3 Å². The Labute approximate surface area is 113 Å². The van der Waals surface area contributed by atoms with Gasteiger partial charge in [-0.1, -0.05) is 0 Å². The molecule has 1 rings (SSSR count). The van der Waals surface area contributed by atoms with Gasteiger partial charge in [-0.3, -0.25) is 10.1 Å². The fraction of sp³-hybridized carbons (Fsp3) is 0.545. The predicted molar refractivity (Wildman–Crippen MR) is 75.8 cm³/mol. The molecule has 1 atom stereocenters. The van der Waals surface area contributed by atoms with Crippen LogP contribution in [-0.2, 0) is 11.0 Å². The van der Waals surface area contributed by atoms with Gasteiger partial charge in [0.1, 0.15) is 11.0 Å². The summed E-state index contributed by atoms with van der Waals surface area (Å²) in [5.41, 5.74) is 0.663. The molecule has 0 aliphatic rings. The van der Waals surface area contributed by atoms with Crippen molar-refractivity contribution in [2.24, 2.45) is 4.40 Å². The van der Waals surface area contributed by atoms with E-state index < -0.39 is 20.7 Å². The molecule has 0 aliphatic heterocycles. The maximum Gasteiger partial charge on any atom is 0.283 e. The van der Waals surface area contributed by atoms with Crippen molar-refractivity contribution in [1.82, 2.24) is 0 Å². The summed E-state index contributed by atoms with van der Waals surface area (Å²) in [5.74, 6) is 0. The summed E-state index contributed by atoms with van der Waals surface area (Å²) in [6.07, 6.45) is 0. The zero-order chi connectivity index (χ0) is 14.1. The van der Waals surface area contributed by atoms with Crippen LogP contribution in [0.5, 0.6) is 0 Å². The van der Waals surface area contributed by atoms with Gasteiger partial charge in [0.2, 0.25) is 0 Å². The van der Waals surface area contributed by atoms with Gasteiger partial charge < -0.3 is 0 Å². The van der Waals surface area contributed by atoms with Gasteiger partial charge in [-0.25, -0.2) is 4.21 Å². The van der Waals surface area contributed by atoms with E-state index in [1.54, 1.807) is 13.8 Å². The molecule has 1 aromatic rings. The van der Waals surface area contributed by atoms with Gasteiger partial charge in [0.15, 0.2) is 0 Å². The van der Waals surface area contributed by atoms with Crippen molar-refractivity contribution in [1.29, 1.82) is 0 Å². The molecule has 0 N–H and O–H groups in total. The van der Waals surface area contributed by atoms with Crippen LogP contribution in [0.3, 0.4) is 0 Å². The van der Waals surface area contributed by atoms with Crippen LogP contribution in [0.1, 0.15) is 37.4 Å². The normalized spacial score (nSPS) is 14.6. The van der Waals surface area contributed by atoms with E-state index in [1.807, 2.05) is 20.8 Å². The van der Waals surface area contributed by atoms with Crippen LogP contribution in [0, 0.1) is 17.0 Å². The lowest BCUT2D eigenvalue weighted by atomic mass is 10.3. The first-order valence-electron chi connectivity index (χ1n) is 5.35. The number of hydrogen-bond donors (Lipinski definition) is 0. The molecule has 0 spiro atoms. The topological polar surface area (TPSA) is 72.6 Å². The van der Waals surface area contributed by atoms with Gasteiger partial charge in [0.25, 0.3) is 5.69 Å². The summed E-state index contributed by atoms with van der Waals surface area (Å²) in [6, 6.07) is 1.48. The largest absolute Gasteiger partial charge is 0.283 e. The molecule has 0 fully saturated rings. The summed E-state index contributed by atoms with van der Waals surface area (Å²) in [4.78, 5) is 11.7. The molecule has 0 aromatic carbocycles. The minimum Gasteiger partial charge on any atom is -0.258 e. The van der Waals surface area contributed by atoms with E-state index in [2.05, 4.69) is 4.40 Å². The van der Waals surface area contributed by atoms with Crippen molar-refractivity contribution in [3.05, 3.63) is 25.9 Å². The standard InChI is InChI=1S/C11H16N2O3S2/c1-7(12-18(16)11(3,4)5)10-6-9(13(14)15)8(2)17-10/h6H,1-5H3. The number of aryl methyl sites for hydroxylation is 1. The third kappa shape index (κ3) is 3.46. The molecule has 0 amide bonds. The van der Waals surface area contributed by atoms with Gasteiger partial charge >= 0.3 is 0 Å². The second-order valence-corrected chi connectivity index (χ2v) is 8.01. The molecule has 5 nitrogen and oxygen atoms in total. The molecule has 1 unspecified atom stereocenters. The molecule has 100 valence electrons. The number of nitro groups is 1. The SMILES string of the molecule is CC(=NS(=O)C(C)(C)C)c1cc([N+](=O)[O-])c(C)s1. The van der Waals surface area contributed by atoms with Crippen LogP contribution >= 0.6 is 11.3 Å². The second-order valence-electron chi connectivity index (χ2n) is 4.85. The van der Waals surface area contributed by atoms with Gasteiger partial charge in [0, 0.05) is 6.07 Å². The highest BCUT2D eigenvalue weighted by Crippen LogP contribution is 2.29. The molecule has 0 radical (unpaired) electrons. The Bertz CT molecular complexity index is 527. The first kappa shape index (κ1) is 15.0. The predicted octanol–water partition coefficient (Wildman–Crippen LogP) is 3.24. The van der Waals surface area contributed by atoms with Crippen LogP contribution in [0.15, 0.2) is 10.5 Å². The fourth-order valence-electron chi connectivity index (χ4n) is 1.14. The molecule has 0 saturated carbocycles. The van der Waals surface area contributed by atoms with Crippen LogP contribution in [0.4, 0.5) is 5.69 Å². The molecule has 0 bridgehead atoms. The van der Waals surface area contributed by atoms with Crippen molar-refractivity contribution in [3.63, 3.8) is 0 Å². The van der Waals surface area contributed by atoms with Crippen LogP contribution in [-0.4, -0.2) is 19.6 Å². The quantitative estimate of drug-likeness (QED) is 0.487. The monoisotopic (exact) mass is 288 g/mol. The third-order valence-corrected chi connectivity index (χ3v) is 4.82. The lowest BCUT2D eigenvalue weighted by molar-refractivity contribution is -0.385. The minimum absolute atomic E-state index is 0.0890. The highest BCUT2D eigenvalue weighted by Gasteiger charge is 2.21. The van der Waals surface area contributed by atoms with Crippen molar-refractivity contribution in [2.75, 3.05) is 0 Å².